The zero-order valence-corrected chi connectivity index (χ0v) is 11.4. The van der Waals surface area contributed by atoms with Gasteiger partial charge < -0.3 is 10.8 Å². The molecule has 4 N–H and O–H groups in total. The van der Waals surface area contributed by atoms with Gasteiger partial charge >= 0.3 is 0 Å². The highest BCUT2D eigenvalue weighted by Crippen LogP contribution is 2.28. The lowest BCUT2D eigenvalue weighted by Crippen LogP contribution is -2.13. The summed E-state index contributed by atoms with van der Waals surface area (Å²) in [6.45, 7) is 0. The van der Waals surface area contributed by atoms with Crippen LogP contribution in [-0.2, 0) is 0 Å². The number of aromatic hydroxyl groups is 1. The van der Waals surface area contributed by atoms with Crippen molar-refractivity contribution in [2.45, 2.75) is 0 Å². The topological polar surface area (TPSA) is 88.2 Å². The minimum atomic E-state index is -0.794. The highest BCUT2D eigenvalue weighted by Gasteiger charge is 2.18. The van der Waals surface area contributed by atoms with E-state index in [9.17, 15) is 14.3 Å². The molecule has 5 nitrogen and oxygen atoms in total. The quantitative estimate of drug-likeness (QED) is 0.635. The number of amides is 1. The molecule has 0 spiro atoms. The van der Waals surface area contributed by atoms with Gasteiger partial charge in [0.15, 0.2) is 5.13 Å². The molecule has 0 saturated heterocycles. The van der Waals surface area contributed by atoms with Gasteiger partial charge in [0.1, 0.15) is 17.1 Å². The normalized spacial score (nSPS) is 10.7. The minimum Gasteiger partial charge on any atom is -0.507 e. The SMILES string of the molecule is Nc1ccc2nc(NC(=O)c3c(O)cccc3F)sc2c1. The molecular weight excluding hydrogens is 293 g/mol. The summed E-state index contributed by atoms with van der Waals surface area (Å²) in [5, 5.41) is 12.4. The molecule has 1 aromatic heterocycles. The Hall–Kier alpha value is -2.67. The number of anilines is 2. The summed E-state index contributed by atoms with van der Waals surface area (Å²) in [7, 11) is 0. The molecule has 7 heteroatoms. The van der Waals surface area contributed by atoms with E-state index in [0.717, 1.165) is 10.8 Å². The number of phenols is 1. The van der Waals surface area contributed by atoms with Crippen molar-refractivity contribution in [1.82, 2.24) is 4.98 Å². The van der Waals surface area contributed by atoms with E-state index in [1.165, 1.54) is 23.5 Å². The van der Waals surface area contributed by atoms with Gasteiger partial charge in [-0.15, -0.1) is 0 Å². The third-order valence-electron chi connectivity index (χ3n) is 2.85. The van der Waals surface area contributed by atoms with Crippen LogP contribution in [0, 0.1) is 5.82 Å². The number of nitrogen functional groups attached to an aromatic ring is 1. The standard InChI is InChI=1S/C14H10FN3O2S/c15-8-2-1-3-10(19)12(8)13(20)18-14-17-9-5-4-7(16)6-11(9)21-14/h1-6,19H,16H2,(H,17,18,20). The maximum atomic E-state index is 13.6. The first-order chi connectivity index (χ1) is 10.0. The predicted molar refractivity (Wildman–Crippen MR) is 80.1 cm³/mol. The van der Waals surface area contributed by atoms with Crippen molar-refractivity contribution in [2.75, 3.05) is 11.1 Å². The van der Waals surface area contributed by atoms with Crippen molar-refractivity contribution in [3.63, 3.8) is 0 Å². The summed E-state index contributed by atoms with van der Waals surface area (Å²) >= 11 is 1.22. The molecule has 0 fully saturated rings. The van der Waals surface area contributed by atoms with Crippen molar-refractivity contribution in [2.24, 2.45) is 0 Å². The molecule has 0 unspecified atom stereocenters. The number of benzene rings is 2. The number of nitrogens with two attached hydrogens (primary N) is 1. The number of aromatic nitrogens is 1. The highest BCUT2D eigenvalue weighted by molar-refractivity contribution is 7.22. The van der Waals surface area contributed by atoms with Crippen molar-refractivity contribution in [3.05, 3.63) is 47.8 Å². The third kappa shape index (κ3) is 2.50. The summed E-state index contributed by atoms with van der Waals surface area (Å²) in [5.41, 5.74) is 6.54. The number of nitrogens with one attached hydrogen (secondary N) is 1. The van der Waals surface area contributed by atoms with Gasteiger partial charge in [0, 0.05) is 5.69 Å². The van der Waals surface area contributed by atoms with Crippen molar-refractivity contribution < 1.29 is 14.3 Å². The molecule has 0 aliphatic carbocycles. The first-order valence-corrected chi connectivity index (χ1v) is 6.81. The Bertz CT molecular complexity index is 827. The van der Waals surface area contributed by atoms with Gasteiger partial charge in [0.2, 0.25) is 0 Å². The molecule has 1 heterocycles. The van der Waals surface area contributed by atoms with E-state index >= 15 is 0 Å². The van der Waals surface area contributed by atoms with E-state index in [1.807, 2.05) is 0 Å². The Morgan fingerprint density at radius 3 is 2.90 bits per heavy atom. The van der Waals surface area contributed by atoms with E-state index in [4.69, 9.17) is 5.73 Å². The average molecular weight is 303 g/mol. The van der Waals surface area contributed by atoms with Crippen LogP contribution in [0.5, 0.6) is 5.75 Å². The molecule has 3 aromatic rings. The Morgan fingerprint density at radius 1 is 1.33 bits per heavy atom. The molecule has 106 valence electrons. The van der Waals surface area contributed by atoms with E-state index in [1.54, 1.807) is 18.2 Å². The van der Waals surface area contributed by atoms with E-state index in [0.29, 0.717) is 16.3 Å². The van der Waals surface area contributed by atoms with Gasteiger partial charge in [-0.05, 0) is 30.3 Å². The van der Waals surface area contributed by atoms with E-state index in [-0.39, 0.29) is 0 Å². The Labute approximate surface area is 122 Å². The van der Waals surface area contributed by atoms with Crippen LogP contribution in [0.15, 0.2) is 36.4 Å². The molecule has 0 aliphatic heterocycles. The van der Waals surface area contributed by atoms with Crippen molar-refractivity contribution in [3.8, 4) is 5.75 Å². The maximum Gasteiger partial charge on any atom is 0.264 e. The fourth-order valence-corrected chi connectivity index (χ4v) is 2.80. The van der Waals surface area contributed by atoms with Gasteiger partial charge in [-0.25, -0.2) is 9.37 Å². The summed E-state index contributed by atoms with van der Waals surface area (Å²) in [5.74, 6) is -1.96. The van der Waals surface area contributed by atoms with Crippen LogP contribution in [0.3, 0.4) is 0 Å². The number of rotatable bonds is 2. The fourth-order valence-electron chi connectivity index (χ4n) is 1.89. The van der Waals surface area contributed by atoms with Crippen LogP contribution < -0.4 is 11.1 Å². The maximum absolute atomic E-state index is 13.6. The van der Waals surface area contributed by atoms with Crippen LogP contribution in [-0.4, -0.2) is 16.0 Å². The minimum absolute atomic E-state index is 0.309. The molecule has 3 rings (SSSR count). The lowest BCUT2D eigenvalue weighted by molar-refractivity contribution is 0.102. The zero-order valence-electron chi connectivity index (χ0n) is 10.6. The van der Waals surface area contributed by atoms with E-state index in [2.05, 4.69) is 10.3 Å². The molecule has 2 aromatic carbocycles. The molecule has 0 bridgehead atoms. The van der Waals surface area contributed by atoms with Crippen LogP contribution in [0.4, 0.5) is 15.2 Å². The van der Waals surface area contributed by atoms with Crippen LogP contribution in [0.1, 0.15) is 10.4 Å². The molecule has 1 amide bonds. The molecule has 0 aliphatic rings. The van der Waals surface area contributed by atoms with Crippen LogP contribution in [0.2, 0.25) is 0 Å². The third-order valence-corrected chi connectivity index (χ3v) is 3.79. The largest absolute Gasteiger partial charge is 0.507 e. The van der Waals surface area contributed by atoms with Crippen molar-refractivity contribution in [1.29, 1.82) is 0 Å². The van der Waals surface area contributed by atoms with Gasteiger partial charge in [-0.2, -0.15) is 0 Å². The fraction of sp³-hybridized carbons (Fsp3) is 0. The molecule has 0 atom stereocenters. The summed E-state index contributed by atoms with van der Waals surface area (Å²) in [6, 6.07) is 8.85. The molecule has 21 heavy (non-hydrogen) atoms. The lowest BCUT2D eigenvalue weighted by atomic mass is 10.2. The number of halogens is 1. The summed E-state index contributed by atoms with van der Waals surface area (Å²) in [4.78, 5) is 16.2. The first-order valence-electron chi connectivity index (χ1n) is 5.99. The predicted octanol–water partition coefficient (Wildman–Crippen LogP) is 2.98. The number of hydrogen-bond acceptors (Lipinski definition) is 5. The second-order valence-corrected chi connectivity index (χ2v) is 5.36. The highest BCUT2D eigenvalue weighted by atomic mass is 32.1. The Kier molecular flexibility index (Phi) is 3.19. The van der Waals surface area contributed by atoms with Crippen LogP contribution in [0.25, 0.3) is 10.2 Å². The van der Waals surface area contributed by atoms with Gasteiger partial charge in [0.05, 0.1) is 10.2 Å². The van der Waals surface area contributed by atoms with Crippen molar-refractivity contribution >= 4 is 38.3 Å². The second kappa shape index (κ2) is 5.02. The number of thiazole rings is 1. The van der Waals surface area contributed by atoms with Gasteiger partial charge in [-0.3, -0.25) is 10.1 Å². The first kappa shape index (κ1) is 13.3. The second-order valence-electron chi connectivity index (χ2n) is 4.33. The Morgan fingerprint density at radius 2 is 2.14 bits per heavy atom. The zero-order chi connectivity index (χ0) is 15.0. The van der Waals surface area contributed by atoms with Crippen LogP contribution >= 0.6 is 11.3 Å². The number of fused-ring (bicyclic) bond motifs is 1. The lowest BCUT2D eigenvalue weighted by Gasteiger charge is -2.04. The summed E-state index contributed by atoms with van der Waals surface area (Å²) < 4.78 is 14.4. The van der Waals surface area contributed by atoms with Gasteiger partial charge in [-0.1, -0.05) is 17.4 Å². The molecule has 0 saturated carbocycles. The number of phenolic OH excluding ortho intramolecular Hbond substituents is 1. The monoisotopic (exact) mass is 303 g/mol. The Balaban J connectivity index is 1.93. The smallest absolute Gasteiger partial charge is 0.264 e. The number of carbonyl (C=O) groups is 1. The number of carbonyl (C=O) groups excluding carboxylic acids is 1. The average Bonchev–Trinajstić information content (AvgIpc) is 2.79. The summed E-state index contributed by atoms with van der Waals surface area (Å²) in [6.07, 6.45) is 0. The number of hydrogen-bond donors (Lipinski definition) is 3. The molecule has 0 radical (unpaired) electrons. The van der Waals surface area contributed by atoms with E-state index < -0.39 is 23.0 Å². The van der Waals surface area contributed by atoms with Gasteiger partial charge in [0.25, 0.3) is 5.91 Å². The number of nitrogens with zero attached hydrogens (tertiary/aromatic N) is 1. The molecular formula is C14H10FN3O2S.